The van der Waals surface area contributed by atoms with Crippen LogP contribution in [-0.4, -0.2) is 30.7 Å². The molecule has 1 aliphatic carbocycles. The quantitative estimate of drug-likeness (QED) is 0.500. The van der Waals surface area contributed by atoms with Crippen LogP contribution in [0.4, 0.5) is 4.79 Å². The summed E-state index contributed by atoms with van der Waals surface area (Å²) in [5.41, 5.74) is 0. The fourth-order valence-electron chi connectivity index (χ4n) is 1.74. The molecule has 2 fully saturated rings. The first-order valence-corrected chi connectivity index (χ1v) is 3.67. The largest absolute Gasteiger partial charge is 0.453 e. The Kier molecular flexibility index (Phi) is 1.13. The summed E-state index contributed by atoms with van der Waals surface area (Å²) in [6.07, 6.45) is 2.24. The number of hydrogen-bond acceptors (Lipinski definition) is 2. The van der Waals surface area contributed by atoms with Crippen molar-refractivity contribution in [3.05, 3.63) is 0 Å². The lowest BCUT2D eigenvalue weighted by Crippen LogP contribution is -2.30. The fraction of sp³-hybridized carbons (Fsp3) is 0.857. The van der Waals surface area contributed by atoms with Crippen molar-refractivity contribution < 1.29 is 9.53 Å². The van der Waals surface area contributed by atoms with Crippen molar-refractivity contribution in [3.63, 3.8) is 0 Å². The lowest BCUT2D eigenvalue weighted by molar-refractivity contribution is 0.127. The number of piperidine rings is 1. The molecule has 10 heavy (non-hydrogen) atoms. The first-order chi connectivity index (χ1) is 4.83. The van der Waals surface area contributed by atoms with E-state index in [4.69, 9.17) is 0 Å². The van der Waals surface area contributed by atoms with E-state index >= 15 is 0 Å². The number of hydrogen-bond donors (Lipinski definition) is 0. The maximum absolute atomic E-state index is 11.0. The van der Waals surface area contributed by atoms with E-state index in [1.807, 2.05) is 4.90 Å². The Bertz CT molecular complexity index is 169. The molecule has 3 nitrogen and oxygen atoms in total. The van der Waals surface area contributed by atoms with Gasteiger partial charge in [-0.1, -0.05) is 0 Å². The minimum absolute atomic E-state index is 0.148. The van der Waals surface area contributed by atoms with Crippen LogP contribution in [0.5, 0.6) is 0 Å². The topological polar surface area (TPSA) is 29.5 Å². The van der Waals surface area contributed by atoms with Crippen LogP contribution >= 0.6 is 0 Å². The Morgan fingerprint density at radius 2 is 2.50 bits per heavy atom. The van der Waals surface area contributed by atoms with Crippen LogP contribution in [0.1, 0.15) is 12.8 Å². The van der Waals surface area contributed by atoms with Gasteiger partial charge in [0.2, 0.25) is 0 Å². The monoisotopic (exact) mass is 141 g/mol. The molecule has 0 aromatic carbocycles. The lowest BCUT2D eigenvalue weighted by Gasteiger charge is -2.15. The van der Waals surface area contributed by atoms with E-state index in [9.17, 15) is 4.79 Å². The smallest absolute Gasteiger partial charge is 0.409 e. The number of ether oxygens (including phenoxy) is 1. The number of amides is 1. The summed E-state index contributed by atoms with van der Waals surface area (Å²) < 4.78 is 4.62. The van der Waals surface area contributed by atoms with E-state index < -0.39 is 0 Å². The molecule has 1 heterocycles. The molecule has 2 aliphatic rings. The Hall–Kier alpha value is -0.730. The maximum atomic E-state index is 11.0. The van der Waals surface area contributed by atoms with Crippen molar-refractivity contribution in [1.82, 2.24) is 4.90 Å². The summed E-state index contributed by atoms with van der Waals surface area (Å²) in [7, 11) is 1.44. The Balaban J connectivity index is 1.98. The van der Waals surface area contributed by atoms with Gasteiger partial charge in [-0.3, -0.25) is 0 Å². The molecule has 1 aliphatic heterocycles. The molecule has 2 rings (SSSR count). The standard InChI is InChI=1S/C7H11NO2/c1-10-7(9)8-3-2-5-4-6(5)8/h5-6H,2-4H2,1H3. The number of methoxy groups -OCH3 is 1. The van der Waals surface area contributed by atoms with Gasteiger partial charge < -0.3 is 9.64 Å². The average molecular weight is 141 g/mol. The second-order valence-corrected chi connectivity index (χ2v) is 3.02. The summed E-state index contributed by atoms with van der Waals surface area (Å²) in [4.78, 5) is 12.8. The van der Waals surface area contributed by atoms with Crippen molar-refractivity contribution in [1.29, 1.82) is 0 Å². The molecule has 2 unspecified atom stereocenters. The normalized spacial score (nSPS) is 35.5. The molecule has 1 saturated carbocycles. The van der Waals surface area contributed by atoms with E-state index in [-0.39, 0.29) is 6.09 Å². The van der Waals surface area contributed by atoms with Crippen LogP contribution in [0.3, 0.4) is 0 Å². The molecule has 0 aromatic heterocycles. The number of carbonyl (C=O) groups is 1. The summed E-state index contributed by atoms with van der Waals surface area (Å²) in [6.45, 7) is 0.905. The van der Waals surface area contributed by atoms with E-state index in [1.54, 1.807) is 0 Å². The molecule has 1 amide bonds. The van der Waals surface area contributed by atoms with E-state index in [2.05, 4.69) is 4.74 Å². The van der Waals surface area contributed by atoms with Crippen LogP contribution in [0, 0.1) is 5.92 Å². The highest BCUT2D eigenvalue weighted by molar-refractivity contribution is 5.69. The SMILES string of the molecule is COC(=O)N1CCC2CC21. The van der Waals surface area contributed by atoms with Gasteiger partial charge in [-0.15, -0.1) is 0 Å². The number of rotatable bonds is 0. The third-order valence-electron chi connectivity index (χ3n) is 2.44. The van der Waals surface area contributed by atoms with Crippen molar-refractivity contribution in [2.45, 2.75) is 18.9 Å². The third-order valence-corrected chi connectivity index (χ3v) is 2.44. The molecule has 0 radical (unpaired) electrons. The van der Waals surface area contributed by atoms with Gasteiger partial charge >= 0.3 is 6.09 Å². The second-order valence-electron chi connectivity index (χ2n) is 3.02. The molecule has 0 N–H and O–H groups in total. The first kappa shape index (κ1) is 6.01. The third kappa shape index (κ3) is 0.696. The molecule has 56 valence electrons. The van der Waals surface area contributed by atoms with Gasteiger partial charge in [-0.2, -0.15) is 0 Å². The van der Waals surface area contributed by atoms with Crippen LogP contribution < -0.4 is 0 Å². The molecular formula is C7H11NO2. The number of fused-ring (bicyclic) bond motifs is 1. The minimum Gasteiger partial charge on any atom is -0.453 e. The summed E-state index contributed by atoms with van der Waals surface area (Å²) in [5, 5.41) is 0. The molecule has 2 atom stereocenters. The Morgan fingerprint density at radius 1 is 1.70 bits per heavy atom. The van der Waals surface area contributed by atoms with Crippen molar-refractivity contribution in [2.75, 3.05) is 13.7 Å². The molecule has 1 saturated heterocycles. The van der Waals surface area contributed by atoms with Gasteiger partial charge in [-0.25, -0.2) is 4.79 Å². The first-order valence-electron chi connectivity index (χ1n) is 3.67. The van der Waals surface area contributed by atoms with Gasteiger partial charge in [0.05, 0.1) is 7.11 Å². The van der Waals surface area contributed by atoms with Gasteiger partial charge in [-0.05, 0) is 18.8 Å². The van der Waals surface area contributed by atoms with Crippen LogP contribution in [-0.2, 0) is 4.74 Å². The molecule has 3 heteroatoms. The zero-order valence-corrected chi connectivity index (χ0v) is 6.04. The highest BCUT2D eigenvalue weighted by Gasteiger charge is 2.49. The molecular weight excluding hydrogens is 130 g/mol. The second kappa shape index (κ2) is 1.87. The Morgan fingerprint density at radius 3 is 2.90 bits per heavy atom. The predicted octanol–water partition coefficient (Wildman–Crippen LogP) is 0.847. The zero-order valence-electron chi connectivity index (χ0n) is 6.04. The fourth-order valence-corrected chi connectivity index (χ4v) is 1.74. The van der Waals surface area contributed by atoms with Gasteiger partial charge in [0.15, 0.2) is 0 Å². The highest BCUT2D eigenvalue weighted by atomic mass is 16.5. The van der Waals surface area contributed by atoms with Crippen molar-refractivity contribution in [3.8, 4) is 0 Å². The van der Waals surface area contributed by atoms with Crippen molar-refractivity contribution >= 4 is 6.09 Å². The van der Waals surface area contributed by atoms with E-state index in [0.29, 0.717) is 6.04 Å². The highest BCUT2D eigenvalue weighted by Crippen LogP contribution is 2.44. The van der Waals surface area contributed by atoms with Crippen molar-refractivity contribution in [2.24, 2.45) is 5.92 Å². The minimum atomic E-state index is -0.148. The molecule has 0 spiro atoms. The van der Waals surface area contributed by atoms with Crippen LogP contribution in [0.2, 0.25) is 0 Å². The summed E-state index contributed by atoms with van der Waals surface area (Å²) in [6, 6.07) is 0.535. The van der Waals surface area contributed by atoms with Gasteiger partial charge in [0, 0.05) is 12.6 Å². The van der Waals surface area contributed by atoms with Crippen LogP contribution in [0.25, 0.3) is 0 Å². The van der Waals surface area contributed by atoms with Gasteiger partial charge in [0.1, 0.15) is 0 Å². The van der Waals surface area contributed by atoms with E-state index in [0.717, 1.165) is 12.5 Å². The number of carbonyl (C=O) groups excluding carboxylic acids is 1. The Labute approximate surface area is 60.0 Å². The molecule has 0 aromatic rings. The van der Waals surface area contributed by atoms with E-state index in [1.165, 1.54) is 20.0 Å². The van der Waals surface area contributed by atoms with Gasteiger partial charge in [0.25, 0.3) is 0 Å². The summed E-state index contributed by atoms with van der Waals surface area (Å²) >= 11 is 0. The van der Waals surface area contributed by atoms with Crippen LogP contribution in [0.15, 0.2) is 0 Å². The lowest BCUT2D eigenvalue weighted by atomic mass is 10.3. The number of nitrogens with zero attached hydrogens (tertiary/aromatic N) is 1. The summed E-state index contributed by atoms with van der Waals surface area (Å²) in [5.74, 6) is 0.805. The zero-order chi connectivity index (χ0) is 7.14. The number of likely N-dealkylation sites (tertiary alicyclic amines) is 1. The maximum Gasteiger partial charge on any atom is 0.409 e. The average Bonchev–Trinajstić information content (AvgIpc) is 2.62. The molecule has 0 bridgehead atoms. The predicted molar refractivity (Wildman–Crippen MR) is 35.6 cm³/mol.